The van der Waals surface area contributed by atoms with E-state index in [0.29, 0.717) is 13.1 Å². The molecule has 0 bridgehead atoms. The van der Waals surface area contributed by atoms with Crippen molar-refractivity contribution in [2.75, 3.05) is 13.1 Å². The zero-order chi connectivity index (χ0) is 16.5. The monoisotopic (exact) mass is 327 g/mol. The van der Waals surface area contributed by atoms with E-state index in [1.54, 1.807) is 4.90 Å². The van der Waals surface area contributed by atoms with Crippen molar-refractivity contribution in [3.05, 3.63) is 27.6 Å². The van der Waals surface area contributed by atoms with Crippen LogP contribution in [0.25, 0.3) is 0 Å². The third-order valence-corrected chi connectivity index (χ3v) is 3.93. The Morgan fingerprint density at radius 1 is 1.45 bits per heavy atom. The third kappa shape index (κ3) is 3.61. The SMILES string of the molecule is CC(C)(C)OC(=O)N1CCC[C@](C)(n2nccc(Cl)c2=O)C1. The lowest BCUT2D eigenvalue weighted by Gasteiger charge is -2.40. The number of likely N-dealkylation sites (tertiary alicyclic amines) is 1. The first-order valence-corrected chi connectivity index (χ1v) is 7.72. The average Bonchev–Trinajstić information content (AvgIpc) is 2.40. The number of hydrogen-bond acceptors (Lipinski definition) is 4. The highest BCUT2D eigenvalue weighted by Gasteiger charge is 2.38. The third-order valence-electron chi connectivity index (χ3n) is 3.64. The number of ether oxygens (including phenoxy) is 1. The summed E-state index contributed by atoms with van der Waals surface area (Å²) >= 11 is 5.90. The molecule has 0 aromatic carbocycles. The van der Waals surface area contributed by atoms with Crippen molar-refractivity contribution < 1.29 is 9.53 Å². The van der Waals surface area contributed by atoms with E-state index >= 15 is 0 Å². The number of aromatic nitrogens is 2. The average molecular weight is 328 g/mol. The van der Waals surface area contributed by atoms with Crippen molar-refractivity contribution in [1.82, 2.24) is 14.7 Å². The van der Waals surface area contributed by atoms with Gasteiger partial charge < -0.3 is 9.64 Å². The molecule has 0 spiro atoms. The summed E-state index contributed by atoms with van der Waals surface area (Å²) < 4.78 is 6.79. The first-order chi connectivity index (χ1) is 10.1. The minimum Gasteiger partial charge on any atom is -0.444 e. The van der Waals surface area contributed by atoms with Crippen molar-refractivity contribution in [3.8, 4) is 0 Å². The van der Waals surface area contributed by atoms with Gasteiger partial charge in [-0.05, 0) is 46.6 Å². The summed E-state index contributed by atoms with van der Waals surface area (Å²) in [5, 5.41) is 4.27. The highest BCUT2D eigenvalue weighted by Crippen LogP contribution is 2.27. The normalized spacial score (nSPS) is 22.5. The van der Waals surface area contributed by atoms with Gasteiger partial charge in [-0.25, -0.2) is 9.48 Å². The fourth-order valence-corrected chi connectivity index (χ4v) is 2.79. The number of piperidine rings is 1. The number of nitrogens with zero attached hydrogens (tertiary/aromatic N) is 3. The predicted molar refractivity (Wildman–Crippen MR) is 84.2 cm³/mol. The van der Waals surface area contributed by atoms with Gasteiger partial charge in [-0.2, -0.15) is 5.10 Å². The van der Waals surface area contributed by atoms with Crippen LogP contribution in [0.2, 0.25) is 5.02 Å². The summed E-state index contributed by atoms with van der Waals surface area (Å²) in [5.41, 5.74) is -1.47. The zero-order valence-corrected chi connectivity index (χ0v) is 14.2. The second kappa shape index (κ2) is 5.91. The molecule has 6 nitrogen and oxygen atoms in total. The molecule has 2 heterocycles. The van der Waals surface area contributed by atoms with Crippen LogP contribution in [0.1, 0.15) is 40.5 Å². The smallest absolute Gasteiger partial charge is 0.410 e. The number of carbonyl (C=O) groups excluding carboxylic acids is 1. The van der Waals surface area contributed by atoms with Gasteiger partial charge in [0.15, 0.2) is 0 Å². The Hall–Kier alpha value is -1.56. The first kappa shape index (κ1) is 16.8. The van der Waals surface area contributed by atoms with E-state index in [1.807, 2.05) is 27.7 Å². The predicted octanol–water partition coefficient (Wildman–Crippen LogP) is 2.64. The second-order valence-electron chi connectivity index (χ2n) is 6.90. The molecule has 7 heteroatoms. The van der Waals surface area contributed by atoms with Crippen LogP contribution in [0, 0.1) is 0 Å². The Morgan fingerprint density at radius 3 is 2.77 bits per heavy atom. The summed E-state index contributed by atoms with van der Waals surface area (Å²) in [6.45, 7) is 8.38. The van der Waals surface area contributed by atoms with Crippen LogP contribution in [-0.2, 0) is 10.3 Å². The van der Waals surface area contributed by atoms with Crippen molar-refractivity contribution in [1.29, 1.82) is 0 Å². The Bertz CT molecular complexity index is 623. The van der Waals surface area contributed by atoms with Crippen LogP contribution in [0.15, 0.2) is 17.1 Å². The van der Waals surface area contributed by atoms with E-state index in [-0.39, 0.29) is 16.7 Å². The molecule has 0 aliphatic carbocycles. The molecule has 1 amide bonds. The van der Waals surface area contributed by atoms with Gasteiger partial charge in [-0.1, -0.05) is 11.6 Å². The zero-order valence-electron chi connectivity index (χ0n) is 13.4. The van der Waals surface area contributed by atoms with Crippen molar-refractivity contribution >= 4 is 17.7 Å². The van der Waals surface area contributed by atoms with Crippen LogP contribution in [-0.4, -0.2) is 39.5 Å². The first-order valence-electron chi connectivity index (χ1n) is 7.35. The van der Waals surface area contributed by atoms with E-state index in [9.17, 15) is 9.59 Å². The minimum absolute atomic E-state index is 0.130. The van der Waals surface area contributed by atoms with Crippen LogP contribution in [0.4, 0.5) is 4.79 Å². The van der Waals surface area contributed by atoms with E-state index in [4.69, 9.17) is 16.3 Å². The molecule has 1 aliphatic rings. The summed E-state index contributed by atoms with van der Waals surface area (Å²) in [4.78, 5) is 26.1. The van der Waals surface area contributed by atoms with Gasteiger partial charge in [-0.3, -0.25) is 4.79 Å². The Labute approximate surface area is 135 Å². The number of amides is 1. The molecule has 2 rings (SSSR count). The maximum absolute atomic E-state index is 12.3. The lowest BCUT2D eigenvalue weighted by molar-refractivity contribution is 0.00622. The van der Waals surface area contributed by atoms with Crippen molar-refractivity contribution in [2.45, 2.75) is 51.7 Å². The quantitative estimate of drug-likeness (QED) is 0.795. The number of carbonyl (C=O) groups is 1. The van der Waals surface area contributed by atoms with Gasteiger partial charge in [0.25, 0.3) is 5.56 Å². The van der Waals surface area contributed by atoms with Gasteiger partial charge in [0, 0.05) is 19.3 Å². The molecule has 1 saturated heterocycles. The highest BCUT2D eigenvalue weighted by atomic mass is 35.5. The molecule has 1 atom stereocenters. The standard InChI is InChI=1S/C15H22ClN3O3/c1-14(2,3)22-13(21)18-9-5-7-15(4,10-18)19-12(20)11(16)6-8-17-19/h6,8H,5,7,9-10H2,1-4H3/t15-/m0/s1. The lowest BCUT2D eigenvalue weighted by atomic mass is 9.91. The van der Waals surface area contributed by atoms with Crippen molar-refractivity contribution in [3.63, 3.8) is 0 Å². The van der Waals surface area contributed by atoms with Crippen LogP contribution < -0.4 is 5.56 Å². The Balaban J connectivity index is 2.24. The molecule has 1 aliphatic heterocycles. The molecule has 0 N–H and O–H groups in total. The van der Waals surface area contributed by atoms with E-state index in [1.165, 1.54) is 16.9 Å². The number of rotatable bonds is 1. The summed E-state index contributed by atoms with van der Waals surface area (Å²) in [5.74, 6) is 0. The molecule has 0 unspecified atom stereocenters. The van der Waals surface area contributed by atoms with E-state index in [2.05, 4.69) is 5.10 Å². The maximum atomic E-state index is 12.3. The summed E-state index contributed by atoms with van der Waals surface area (Å²) in [6, 6.07) is 1.47. The number of hydrogen-bond donors (Lipinski definition) is 0. The van der Waals surface area contributed by atoms with Crippen LogP contribution in [0.5, 0.6) is 0 Å². The van der Waals surface area contributed by atoms with Gasteiger partial charge in [0.2, 0.25) is 0 Å². The van der Waals surface area contributed by atoms with Crippen LogP contribution >= 0.6 is 11.6 Å². The fraction of sp³-hybridized carbons (Fsp3) is 0.667. The molecular formula is C15H22ClN3O3. The largest absolute Gasteiger partial charge is 0.444 e. The highest BCUT2D eigenvalue weighted by molar-refractivity contribution is 6.30. The second-order valence-corrected chi connectivity index (χ2v) is 7.31. The molecule has 1 fully saturated rings. The van der Waals surface area contributed by atoms with E-state index < -0.39 is 11.1 Å². The molecule has 0 radical (unpaired) electrons. The lowest BCUT2D eigenvalue weighted by Crippen LogP contribution is -2.54. The van der Waals surface area contributed by atoms with Gasteiger partial charge in [-0.15, -0.1) is 0 Å². The maximum Gasteiger partial charge on any atom is 0.410 e. The summed E-state index contributed by atoms with van der Waals surface area (Å²) in [7, 11) is 0. The van der Waals surface area contributed by atoms with E-state index in [0.717, 1.165) is 12.8 Å². The van der Waals surface area contributed by atoms with Crippen LogP contribution in [0.3, 0.4) is 0 Å². The minimum atomic E-state index is -0.586. The fourth-order valence-electron chi connectivity index (χ4n) is 2.65. The van der Waals surface area contributed by atoms with Gasteiger partial charge in [0.1, 0.15) is 10.6 Å². The number of halogens is 1. The molecule has 1 aromatic rings. The van der Waals surface area contributed by atoms with Gasteiger partial charge in [0.05, 0.1) is 5.54 Å². The molecule has 1 aromatic heterocycles. The van der Waals surface area contributed by atoms with Crippen molar-refractivity contribution in [2.24, 2.45) is 0 Å². The van der Waals surface area contributed by atoms with Gasteiger partial charge >= 0.3 is 6.09 Å². The molecular weight excluding hydrogens is 306 g/mol. The Morgan fingerprint density at radius 2 is 2.14 bits per heavy atom. The Kier molecular flexibility index (Phi) is 4.52. The topological polar surface area (TPSA) is 64.4 Å². The molecule has 0 saturated carbocycles. The molecule has 22 heavy (non-hydrogen) atoms. The summed E-state index contributed by atoms with van der Waals surface area (Å²) in [6.07, 6.45) is 2.66. The molecule has 122 valence electrons.